The molecular weight excluding hydrogens is 390 g/mol. The van der Waals surface area contributed by atoms with E-state index in [0.717, 1.165) is 7.05 Å². The van der Waals surface area contributed by atoms with Crippen molar-refractivity contribution in [2.45, 2.75) is 4.90 Å². The second-order valence-corrected chi connectivity index (χ2v) is 7.74. The van der Waals surface area contributed by atoms with Crippen LogP contribution in [0.2, 0.25) is 5.02 Å². The highest BCUT2D eigenvalue weighted by molar-refractivity contribution is 7.89. The molecule has 0 heterocycles. The standard InChI is InChI=1S/C16H15ClF2N2O4S/c1-21(26(23,24)13-7-11(18)6-12(19)8-13)9-16(22)20-14-5-10(17)3-4-15(14)25-2/h3-8H,9H2,1-2H3,(H,20,22). The Balaban J connectivity index is 2.17. The number of nitrogens with one attached hydrogen (secondary N) is 1. The zero-order valence-electron chi connectivity index (χ0n) is 13.8. The molecule has 1 amide bonds. The molecule has 10 heteroatoms. The smallest absolute Gasteiger partial charge is 0.243 e. The maximum Gasteiger partial charge on any atom is 0.243 e. The highest BCUT2D eigenvalue weighted by atomic mass is 35.5. The summed E-state index contributed by atoms with van der Waals surface area (Å²) in [6.45, 7) is -0.587. The number of ether oxygens (including phenoxy) is 1. The van der Waals surface area contributed by atoms with Crippen LogP contribution in [-0.4, -0.2) is 39.3 Å². The highest BCUT2D eigenvalue weighted by Gasteiger charge is 2.24. The Morgan fingerprint density at radius 2 is 1.81 bits per heavy atom. The summed E-state index contributed by atoms with van der Waals surface area (Å²) in [5, 5.41) is 2.82. The van der Waals surface area contributed by atoms with Gasteiger partial charge in [-0.05, 0) is 30.3 Å². The van der Waals surface area contributed by atoms with Crippen molar-refractivity contribution in [2.75, 3.05) is 26.0 Å². The van der Waals surface area contributed by atoms with Gasteiger partial charge in [0.15, 0.2) is 0 Å². The molecule has 0 radical (unpaired) electrons. The zero-order chi connectivity index (χ0) is 19.5. The predicted octanol–water partition coefficient (Wildman–Crippen LogP) is 2.89. The first-order valence-electron chi connectivity index (χ1n) is 7.19. The summed E-state index contributed by atoms with van der Waals surface area (Å²) in [7, 11) is -1.75. The number of sulfonamides is 1. The van der Waals surface area contributed by atoms with E-state index in [9.17, 15) is 22.0 Å². The molecule has 0 saturated carbocycles. The quantitative estimate of drug-likeness (QED) is 0.803. The molecule has 26 heavy (non-hydrogen) atoms. The summed E-state index contributed by atoms with van der Waals surface area (Å²) in [4.78, 5) is 11.6. The molecule has 140 valence electrons. The third-order valence-electron chi connectivity index (χ3n) is 3.35. The predicted molar refractivity (Wildman–Crippen MR) is 92.8 cm³/mol. The van der Waals surface area contributed by atoms with Crippen molar-refractivity contribution in [1.82, 2.24) is 4.31 Å². The van der Waals surface area contributed by atoms with Crippen LogP contribution in [0.1, 0.15) is 0 Å². The van der Waals surface area contributed by atoms with Crippen LogP contribution in [0.4, 0.5) is 14.5 Å². The fraction of sp³-hybridized carbons (Fsp3) is 0.188. The van der Waals surface area contributed by atoms with Crippen molar-refractivity contribution < 1.29 is 26.7 Å². The van der Waals surface area contributed by atoms with Crippen LogP contribution in [0, 0.1) is 11.6 Å². The first kappa shape index (κ1) is 20.1. The zero-order valence-corrected chi connectivity index (χ0v) is 15.4. The number of hydrogen-bond acceptors (Lipinski definition) is 4. The minimum Gasteiger partial charge on any atom is -0.495 e. The average Bonchev–Trinajstić information content (AvgIpc) is 2.54. The topological polar surface area (TPSA) is 75.7 Å². The number of nitrogens with zero attached hydrogens (tertiary/aromatic N) is 1. The van der Waals surface area contributed by atoms with Crippen molar-refractivity contribution in [1.29, 1.82) is 0 Å². The summed E-state index contributed by atoms with van der Waals surface area (Å²) in [5.41, 5.74) is 0.257. The van der Waals surface area contributed by atoms with Crippen molar-refractivity contribution in [3.05, 3.63) is 53.1 Å². The Morgan fingerprint density at radius 3 is 2.38 bits per heavy atom. The van der Waals surface area contributed by atoms with E-state index in [0.29, 0.717) is 33.3 Å². The van der Waals surface area contributed by atoms with E-state index >= 15 is 0 Å². The van der Waals surface area contributed by atoms with Gasteiger partial charge in [0.05, 0.1) is 24.2 Å². The molecular formula is C16H15ClF2N2O4S. The molecule has 0 aliphatic rings. The van der Waals surface area contributed by atoms with Crippen LogP contribution in [0.15, 0.2) is 41.3 Å². The van der Waals surface area contributed by atoms with E-state index in [4.69, 9.17) is 16.3 Å². The lowest BCUT2D eigenvalue weighted by molar-refractivity contribution is -0.116. The number of likely N-dealkylation sites (N-methyl/N-ethyl adjacent to an activating group) is 1. The molecule has 0 aromatic heterocycles. The van der Waals surface area contributed by atoms with Gasteiger partial charge < -0.3 is 10.1 Å². The van der Waals surface area contributed by atoms with Gasteiger partial charge in [-0.1, -0.05) is 11.6 Å². The first-order chi connectivity index (χ1) is 12.1. The van der Waals surface area contributed by atoms with Gasteiger partial charge in [-0.25, -0.2) is 17.2 Å². The van der Waals surface area contributed by atoms with Crippen LogP contribution in [0.3, 0.4) is 0 Å². The maximum absolute atomic E-state index is 13.3. The normalized spacial score (nSPS) is 11.5. The highest BCUT2D eigenvalue weighted by Crippen LogP contribution is 2.27. The first-order valence-corrected chi connectivity index (χ1v) is 9.01. The van der Waals surface area contributed by atoms with E-state index in [-0.39, 0.29) is 5.69 Å². The molecule has 1 N–H and O–H groups in total. The van der Waals surface area contributed by atoms with Gasteiger partial charge in [0.1, 0.15) is 17.4 Å². The van der Waals surface area contributed by atoms with E-state index in [1.807, 2.05) is 0 Å². The Hall–Kier alpha value is -2.23. The molecule has 6 nitrogen and oxygen atoms in total. The van der Waals surface area contributed by atoms with Crippen LogP contribution >= 0.6 is 11.6 Å². The van der Waals surface area contributed by atoms with Gasteiger partial charge in [0.25, 0.3) is 0 Å². The number of carbonyl (C=O) groups excluding carboxylic acids is 1. The van der Waals surface area contributed by atoms with E-state index in [2.05, 4.69) is 5.32 Å². The number of halogens is 3. The summed E-state index contributed by atoms with van der Waals surface area (Å²) in [5.74, 6) is -2.43. The van der Waals surface area contributed by atoms with Crippen LogP contribution in [0.5, 0.6) is 5.75 Å². The fourth-order valence-corrected chi connectivity index (χ4v) is 3.45. The monoisotopic (exact) mass is 404 g/mol. The molecule has 0 atom stereocenters. The van der Waals surface area contributed by atoms with Gasteiger partial charge in [0.2, 0.25) is 15.9 Å². The van der Waals surface area contributed by atoms with E-state index in [1.165, 1.54) is 19.2 Å². The number of rotatable bonds is 6. The lowest BCUT2D eigenvalue weighted by Gasteiger charge is -2.17. The summed E-state index contributed by atoms with van der Waals surface area (Å²) < 4.78 is 57.0. The molecule has 2 aromatic rings. The number of carbonyl (C=O) groups is 1. The van der Waals surface area contributed by atoms with Crippen LogP contribution < -0.4 is 10.1 Å². The summed E-state index contributed by atoms with van der Waals surface area (Å²) >= 11 is 5.86. The number of amides is 1. The minimum atomic E-state index is -4.26. The number of anilines is 1. The maximum atomic E-state index is 13.3. The van der Waals surface area contributed by atoms with Crippen LogP contribution in [-0.2, 0) is 14.8 Å². The number of methoxy groups -OCH3 is 1. The molecule has 2 rings (SSSR count). The van der Waals surface area contributed by atoms with Crippen LogP contribution in [0.25, 0.3) is 0 Å². The third-order valence-corrected chi connectivity index (χ3v) is 5.36. The van der Waals surface area contributed by atoms with E-state index in [1.54, 1.807) is 6.07 Å². The number of benzene rings is 2. The molecule has 0 spiro atoms. The summed E-state index contributed by atoms with van der Waals surface area (Å²) in [6.07, 6.45) is 0. The molecule has 0 aliphatic heterocycles. The molecule has 0 bridgehead atoms. The number of hydrogen-bond donors (Lipinski definition) is 1. The summed E-state index contributed by atoms with van der Waals surface area (Å²) in [6, 6.07) is 6.44. The Kier molecular flexibility index (Phi) is 6.17. The Labute approximate surface area is 154 Å². The second kappa shape index (κ2) is 7.98. The van der Waals surface area contributed by atoms with E-state index < -0.39 is 39.0 Å². The van der Waals surface area contributed by atoms with Gasteiger partial charge in [-0.15, -0.1) is 0 Å². The second-order valence-electron chi connectivity index (χ2n) is 5.26. The molecule has 0 aliphatic carbocycles. The molecule has 0 saturated heterocycles. The Morgan fingerprint density at radius 1 is 1.19 bits per heavy atom. The van der Waals surface area contributed by atoms with Gasteiger partial charge >= 0.3 is 0 Å². The third kappa shape index (κ3) is 4.69. The average molecular weight is 405 g/mol. The van der Waals surface area contributed by atoms with Crippen molar-refractivity contribution >= 4 is 33.2 Å². The van der Waals surface area contributed by atoms with Crippen molar-refractivity contribution in [2.24, 2.45) is 0 Å². The van der Waals surface area contributed by atoms with Crippen molar-refractivity contribution in [3.8, 4) is 5.75 Å². The molecule has 0 fully saturated rings. The molecule has 2 aromatic carbocycles. The van der Waals surface area contributed by atoms with Gasteiger partial charge in [-0.3, -0.25) is 4.79 Å². The molecule has 0 unspecified atom stereocenters. The minimum absolute atomic E-state index is 0.257. The lowest BCUT2D eigenvalue weighted by atomic mass is 10.3. The Bertz CT molecular complexity index is 918. The fourth-order valence-electron chi connectivity index (χ4n) is 2.11. The SMILES string of the molecule is COc1ccc(Cl)cc1NC(=O)CN(C)S(=O)(=O)c1cc(F)cc(F)c1. The van der Waals surface area contributed by atoms with Crippen molar-refractivity contribution in [3.63, 3.8) is 0 Å². The largest absolute Gasteiger partial charge is 0.495 e. The van der Waals surface area contributed by atoms with Gasteiger partial charge in [0, 0.05) is 18.1 Å². The lowest BCUT2D eigenvalue weighted by Crippen LogP contribution is -2.35. The van der Waals surface area contributed by atoms with Gasteiger partial charge in [-0.2, -0.15) is 4.31 Å².